The van der Waals surface area contributed by atoms with Crippen LogP contribution in [0.5, 0.6) is 0 Å². The fourth-order valence-electron chi connectivity index (χ4n) is 4.05. The third kappa shape index (κ3) is 4.92. The van der Waals surface area contributed by atoms with E-state index in [1.807, 2.05) is 24.3 Å². The van der Waals surface area contributed by atoms with Crippen LogP contribution < -0.4 is 10.2 Å². The van der Waals surface area contributed by atoms with Gasteiger partial charge in [0.2, 0.25) is 5.95 Å². The quantitative estimate of drug-likeness (QED) is 0.744. The van der Waals surface area contributed by atoms with E-state index in [2.05, 4.69) is 25.1 Å². The lowest BCUT2D eigenvalue weighted by Crippen LogP contribution is -2.47. The Morgan fingerprint density at radius 1 is 1.10 bits per heavy atom. The van der Waals surface area contributed by atoms with Crippen LogP contribution >= 0.6 is 23.2 Å². The lowest BCUT2D eigenvalue weighted by molar-refractivity contribution is 0.195. The molecule has 29 heavy (non-hydrogen) atoms. The number of nitriles is 1. The second kappa shape index (κ2) is 9.17. The van der Waals surface area contributed by atoms with Gasteiger partial charge in [-0.25, -0.2) is 9.97 Å². The SMILES string of the molecule is N#Cc1cnc(N[C@H]2C[C@H](CCN3CCN(c4cccc(Cl)c4Cl)CC3)C2)nc1. The molecule has 1 aromatic heterocycles. The van der Waals surface area contributed by atoms with Crippen LogP contribution in [0.15, 0.2) is 30.6 Å². The van der Waals surface area contributed by atoms with E-state index in [1.165, 1.54) is 6.42 Å². The second-order valence-corrected chi connectivity index (χ2v) is 8.56. The van der Waals surface area contributed by atoms with Crippen LogP contribution in [0, 0.1) is 17.2 Å². The standard InChI is InChI=1S/C21H24Cl2N6/c22-18-2-1-3-19(20(18)23)29-8-6-28(7-9-29)5-4-15-10-17(11-15)27-21-25-13-16(12-24)14-26-21/h1-3,13-15,17H,4-11H2,(H,25,26,27)/t15-,17-. The fourth-order valence-corrected chi connectivity index (χ4v) is 4.46. The van der Waals surface area contributed by atoms with Gasteiger partial charge in [-0.05, 0) is 43.9 Å². The van der Waals surface area contributed by atoms with Gasteiger partial charge >= 0.3 is 0 Å². The number of aromatic nitrogens is 2. The van der Waals surface area contributed by atoms with Crippen molar-refractivity contribution in [3.05, 3.63) is 46.2 Å². The van der Waals surface area contributed by atoms with Crippen LogP contribution in [0.4, 0.5) is 11.6 Å². The largest absolute Gasteiger partial charge is 0.368 e. The number of benzene rings is 1. The summed E-state index contributed by atoms with van der Waals surface area (Å²) in [5.74, 6) is 1.37. The maximum Gasteiger partial charge on any atom is 0.222 e. The molecule has 1 N–H and O–H groups in total. The van der Waals surface area contributed by atoms with E-state index in [1.54, 1.807) is 12.4 Å². The Hall–Kier alpha value is -2.07. The molecule has 0 radical (unpaired) electrons. The molecule has 152 valence electrons. The van der Waals surface area contributed by atoms with E-state index in [-0.39, 0.29) is 0 Å². The van der Waals surface area contributed by atoms with Crippen LogP contribution in [0.3, 0.4) is 0 Å². The molecule has 1 aliphatic carbocycles. The first-order valence-corrected chi connectivity index (χ1v) is 10.8. The maximum absolute atomic E-state index is 8.80. The molecule has 2 fully saturated rings. The van der Waals surface area contributed by atoms with Crippen molar-refractivity contribution in [2.45, 2.75) is 25.3 Å². The summed E-state index contributed by atoms with van der Waals surface area (Å²) in [5.41, 5.74) is 1.52. The molecule has 0 unspecified atom stereocenters. The molecule has 4 rings (SSSR count). The summed E-state index contributed by atoms with van der Waals surface area (Å²) in [5, 5.41) is 13.4. The average Bonchev–Trinajstić information content (AvgIpc) is 2.72. The first-order valence-electron chi connectivity index (χ1n) is 10.0. The highest BCUT2D eigenvalue weighted by atomic mass is 35.5. The monoisotopic (exact) mass is 430 g/mol. The van der Waals surface area contributed by atoms with E-state index in [0.29, 0.717) is 27.6 Å². The van der Waals surface area contributed by atoms with Gasteiger partial charge in [0.15, 0.2) is 0 Å². The van der Waals surface area contributed by atoms with Crippen molar-refractivity contribution >= 4 is 34.8 Å². The van der Waals surface area contributed by atoms with Gasteiger partial charge in [-0.1, -0.05) is 29.3 Å². The zero-order valence-electron chi connectivity index (χ0n) is 16.2. The molecular weight excluding hydrogens is 407 g/mol. The van der Waals surface area contributed by atoms with Gasteiger partial charge in [-0.2, -0.15) is 5.26 Å². The molecule has 1 aromatic carbocycles. The minimum absolute atomic E-state index is 0.440. The molecule has 1 saturated heterocycles. The number of nitrogens with one attached hydrogen (secondary N) is 1. The number of halogens is 2. The molecule has 0 atom stereocenters. The Labute approximate surface area is 181 Å². The Morgan fingerprint density at radius 3 is 2.52 bits per heavy atom. The zero-order valence-corrected chi connectivity index (χ0v) is 17.7. The lowest BCUT2D eigenvalue weighted by Gasteiger charge is -2.39. The number of nitrogens with zero attached hydrogens (tertiary/aromatic N) is 5. The molecule has 2 aliphatic rings. The van der Waals surface area contributed by atoms with Gasteiger partial charge in [0.05, 0.1) is 33.7 Å². The predicted molar refractivity (Wildman–Crippen MR) is 117 cm³/mol. The number of piperazine rings is 1. The Kier molecular flexibility index (Phi) is 6.39. The molecule has 0 bridgehead atoms. The van der Waals surface area contributed by atoms with Gasteiger partial charge < -0.3 is 10.2 Å². The van der Waals surface area contributed by atoms with Crippen molar-refractivity contribution in [2.24, 2.45) is 5.92 Å². The molecule has 0 amide bonds. The number of hydrogen-bond acceptors (Lipinski definition) is 6. The van der Waals surface area contributed by atoms with E-state index >= 15 is 0 Å². The van der Waals surface area contributed by atoms with Gasteiger partial charge in [-0.15, -0.1) is 0 Å². The summed E-state index contributed by atoms with van der Waals surface area (Å²) in [7, 11) is 0. The van der Waals surface area contributed by atoms with E-state index < -0.39 is 0 Å². The number of anilines is 2. The second-order valence-electron chi connectivity index (χ2n) is 7.78. The Bertz CT molecular complexity index is 868. The van der Waals surface area contributed by atoms with Gasteiger partial charge in [-0.3, -0.25) is 4.90 Å². The van der Waals surface area contributed by atoms with E-state index in [9.17, 15) is 0 Å². The van der Waals surface area contributed by atoms with Crippen molar-refractivity contribution < 1.29 is 0 Å². The van der Waals surface area contributed by atoms with Gasteiger partial charge in [0.1, 0.15) is 6.07 Å². The van der Waals surface area contributed by atoms with Crippen molar-refractivity contribution in [3.63, 3.8) is 0 Å². The van der Waals surface area contributed by atoms with Crippen molar-refractivity contribution in [3.8, 4) is 6.07 Å². The van der Waals surface area contributed by atoms with Crippen molar-refractivity contribution in [1.29, 1.82) is 5.26 Å². The van der Waals surface area contributed by atoms with E-state index in [4.69, 9.17) is 28.5 Å². The summed E-state index contributed by atoms with van der Waals surface area (Å²) in [6.45, 7) is 5.20. The fraction of sp³-hybridized carbons (Fsp3) is 0.476. The smallest absolute Gasteiger partial charge is 0.222 e. The third-order valence-electron chi connectivity index (χ3n) is 5.85. The van der Waals surface area contributed by atoms with Crippen LogP contribution in [-0.4, -0.2) is 53.6 Å². The maximum atomic E-state index is 8.80. The molecule has 1 aliphatic heterocycles. The highest BCUT2D eigenvalue weighted by Crippen LogP contribution is 2.34. The first kappa shape index (κ1) is 20.2. The van der Waals surface area contributed by atoms with Crippen LogP contribution in [0.1, 0.15) is 24.8 Å². The van der Waals surface area contributed by atoms with Crippen LogP contribution in [0.2, 0.25) is 10.0 Å². The lowest BCUT2D eigenvalue weighted by atomic mass is 9.78. The zero-order chi connectivity index (χ0) is 20.2. The predicted octanol–water partition coefficient (Wildman–Crippen LogP) is 4.06. The van der Waals surface area contributed by atoms with Gasteiger partial charge in [0, 0.05) is 32.2 Å². The highest BCUT2D eigenvalue weighted by molar-refractivity contribution is 6.43. The van der Waals surface area contributed by atoms with Crippen LogP contribution in [-0.2, 0) is 0 Å². The topological polar surface area (TPSA) is 68.1 Å². The minimum atomic E-state index is 0.440. The number of hydrogen-bond donors (Lipinski definition) is 1. The average molecular weight is 431 g/mol. The normalized spacial score (nSPS) is 22.0. The summed E-state index contributed by atoms with van der Waals surface area (Å²) in [4.78, 5) is 13.2. The molecule has 0 spiro atoms. The highest BCUT2D eigenvalue weighted by Gasteiger charge is 2.30. The summed E-state index contributed by atoms with van der Waals surface area (Å²) in [6.07, 6.45) is 6.65. The summed E-state index contributed by atoms with van der Waals surface area (Å²) >= 11 is 12.5. The van der Waals surface area contributed by atoms with Crippen molar-refractivity contribution in [1.82, 2.24) is 14.9 Å². The van der Waals surface area contributed by atoms with E-state index in [0.717, 1.165) is 57.2 Å². The Balaban J connectivity index is 1.15. The summed E-state index contributed by atoms with van der Waals surface area (Å²) < 4.78 is 0. The minimum Gasteiger partial charge on any atom is -0.368 e. The Morgan fingerprint density at radius 2 is 1.83 bits per heavy atom. The number of rotatable bonds is 6. The van der Waals surface area contributed by atoms with Crippen LogP contribution in [0.25, 0.3) is 0 Å². The summed E-state index contributed by atoms with van der Waals surface area (Å²) in [6, 6.07) is 8.31. The van der Waals surface area contributed by atoms with Crippen molar-refractivity contribution in [2.75, 3.05) is 42.9 Å². The molecule has 1 saturated carbocycles. The first-order chi connectivity index (χ1) is 14.1. The molecule has 2 heterocycles. The molecule has 8 heteroatoms. The van der Waals surface area contributed by atoms with Gasteiger partial charge in [0.25, 0.3) is 0 Å². The molecule has 2 aromatic rings. The molecular formula is C21H24Cl2N6. The molecule has 6 nitrogen and oxygen atoms in total. The third-order valence-corrected chi connectivity index (χ3v) is 6.66.